The summed E-state index contributed by atoms with van der Waals surface area (Å²) in [6.45, 7) is 4.16. The van der Waals surface area contributed by atoms with Crippen LogP contribution in [0.5, 0.6) is 0 Å². The predicted molar refractivity (Wildman–Crippen MR) is 80.7 cm³/mol. The second kappa shape index (κ2) is 10.5. The van der Waals surface area contributed by atoms with Crippen molar-refractivity contribution in [2.75, 3.05) is 19.8 Å². The lowest BCUT2D eigenvalue weighted by atomic mass is 9.93. The molecule has 0 aromatic carbocycles. The molecule has 2 unspecified atom stereocenters. The summed E-state index contributed by atoms with van der Waals surface area (Å²) in [5, 5.41) is 28.3. The Kier molecular flexibility index (Phi) is 9.44. The molecule has 1 saturated heterocycles. The van der Waals surface area contributed by atoms with Crippen molar-refractivity contribution in [3.05, 3.63) is 0 Å². The normalized spacial score (nSPS) is 19.7. The number of aliphatic hydroxyl groups is 3. The van der Waals surface area contributed by atoms with E-state index in [4.69, 9.17) is 9.47 Å². The predicted octanol–water partition coefficient (Wildman–Crippen LogP) is 2.18. The van der Waals surface area contributed by atoms with Crippen LogP contribution in [0.2, 0.25) is 0 Å². The van der Waals surface area contributed by atoms with Crippen LogP contribution in [0.25, 0.3) is 0 Å². The first-order valence-corrected chi connectivity index (χ1v) is 8.40. The minimum atomic E-state index is -2.57. The van der Waals surface area contributed by atoms with E-state index < -0.39 is 11.9 Å². The van der Waals surface area contributed by atoms with E-state index in [0.717, 1.165) is 25.9 Å². The fourth-order valence-electron chi connectivity index (χ4n) is 2.51. The minimum Gasteiger partial charge on any atom is -0.379 e. The van der Waals surface area contributed by atoms with E-state index >= 15 is 0 Å². The molecular formula is C16H32O5. The Morgan fingerprint density at radius 2 is 1.67 bits per heavy atom. The quantitative estimate of drug-likeness (QED) is 0.260. The molecule has 126 valence electrons. The van der Waals surface area contributed by atoms with Crippen LogP contribution in [0.3, 0.4) is 0 Å². The van der Waals surface area contributed by atoms with Gasteiger partial charge in [0.05, 0.1) is 13.2 Å². The fraction of sp³-hybridized carbons (Fsp3) is 1.00. The molecule has 0 bridgehead atoms. The maximum atomic E-state index is 9.42. The third-order valence-electron chi connectivity index (χ3n) is 4.00. The molecule has 0 amide bonds. The number of hydrogen-bond donors (Lipinski definition) is 3. The van der Waals surface area contributed by atoms with Crippen molar-refractivity contribution < 1.29 is 24.8 Å². The maximum Gasteiger partial charge on any atom is 0.278 e. The highest BCUT2D eigenvalue weighted by Crippen LogP contribution is 2.24. The van der Waals surface area contributed by atoms with Crippen LogP contribution in [0.15, 0.2) is 0 Å². The van der Waals surface area contributed by atoms with Gasteiger partial charge in [0.2, 0.25) is 0 Å². The van der Waals surface area contributed by atoms with E-state index in [2.05, 4.69) is 6.92 Å². The molecule has 0 spiro atoms. The zero-order valence-corrected chi connectivity index (χ0v) is 13.3. The summed E-state index contributed by atoms with van der Waals surface area (Å²) in [4.78, 5) is 0. The van der Waals surface area contributed by atoms with E-state index in [1.165, 1.54) is 25.7 Å². The number of epoxide rings is 1. The summed E-state index contributed by atoms with van der Waals surface area (Å²) in [6.07, 6.45) is 9.09. The topological polar surface area (TPSA) is 82.5 Å². The van der Waals surface area contributed by atoms with Gasteiger partial charge in [-0.15, -0.1) is 0 Å². The number of ether oxygens (including phenoxy) is 2. The SMILES string of the molecule is CCCCCCCCC(CCCOCC1CO1)C(O)(O)O. The fourth-order valence-corrected chi connectivity index (χ4v) is 2.51. The summed E-state index contributed by atoms with van der Waals surface area (Å²) in [5.41, 5.74) is 0. The lowest BCUT2D eigenvalue weighted by Crippen LogP contribution is -2.37. The molecule has 0 radical (unpaired) electrons. The molecule has 2 atom stereocenters. The number of rotatable bonds is 14. The van der Waals surface area contributed by atoms with Gasteiger partial charge in [-0.3, -0.25) is 0 Å². The molecule has 21 heavy (non-hydrogen) atoms. The van der Waals surface area contributed by atoms with Crippen LogP contribution < -0.4 is 0 Å². The Balaban J connectivity index is 2.06. The first kappa shape index (κ1) is 18.8. The van der Waals surface area contributed by atoms with Gasteiger partial charge in [-0.2, -0.15) is 0 Å². The second-order valence-electron chi connectivity index (χ2n) is 6.11. The first-order valence-electron chi connectivity index (χ1n) is 8.40. The Bertz CT molecular complexity index is 248. The molecule has 1 rings (SSSR count). The van der Waals surface area contributed by atoms with Gasteiger partial charge in [-0.1, -0.05) is 45.4 Å². The van der Waals surface area contributed by atoms with Gasteiger partial charge in [0.15, 0.2) is 0 Å². The molecule has 0 aromatic heterocycles. The van der Waals surface area contributed by atoms with Crippen molar-refractivity contribution in [3.8, 4) is 0 Å². The Labute approximate surface area is 128 Å². The van der Waals surface area contributed by atoms with E-state index in [9.17, 15) is 15.3 Å². The van der Waals surface area contributed by atoms with Crippen molar-refractivity contribution in [3.63, 3.8) is 0 Å². The molecule has 1 heterocycles. The summed E-state index contributed by atoms with van der Waals surface area (Å²) in [7, 11) is 0. The number of hydrogen-bond acceptors (Lipinski definition) is 5. The van der Waals surface area contributed by atoms with Gasteiger partial charge in [-0.25, -0.2) is 0 Å². The standard InChI is InChI=1S/C16H32O5/c1-2-3-4-5-6-7-9-14(16(17,18)19)10-8-11-20-12-15-13-21-15/h14-15,17-19H,2-13H2,1H3. The molecule has 0 aliphatic carbocycles. The van der Waals surface area contributed by atoms with Crippen LogP contribution >= 0.6 is 0 Å². The molecule has 3 N–H and O–H groups in total. The molecule has 1 aliphatic rings. The molecule has 0 aromatic rings. The van der Waals surface area contributed by atoms with Crippen molar-refractivity contribution in [2.45, 2.75) is 76.8 Å². The van der Waals surface area contributed by atoms with Gasteiger partial charge in [0.1, 0.15) is 6.10 Å². The van der Waals surface area contributed by atoms with Crippen molar-refractivity contribution in [2.24, 2.45) is 5.92 Å². The van der Waals surface area contributed by atoms with E-state index in [1.807, 2.05) is 0 Å². The van der Waals surface area contributed by atoms with Crippen molar-refractivity contribution in [1.82, 2.24) is 0 Å². The third kappa shape index (κ3) is 10.2. The molecular weight excluding hydrogens is 272 g/mol. The van der Waals surface area contributed by atoms with Gasteiger partial charge in [0.25, 0.3) is 5.97 Å². The molecule has 1 aliphatic heterocycles. The largest absolute Gasteiger partial charge is 0.379 e. The summed E-state index contributed by atoms with van der Waals surface area (Å²) in [6, 6.07) is 0. The lowest BCUT2D eigenvalue weighted by Gasteiger charge is -2.26. The van der Waals surface area contributed by atoms with Gasteiger partial charge in [-0.05, 0) is 19.3 Å². The van der Waals surface area contributed by atoms with E-state index in [1.54, 1.807) is 0 Å². The van der Waals surface area contributed by atoms with Crippen molar-refractivity contribution >= 4 is 0 Å². The Hall–Kier alpha value is -0.200. The highest BCUT2D eigenvalue weighted by atomic mass is 16.7. The smallest absolute Gasteiger partial charge is 0.278 e. The summed E-state index contributed by atoms with van der Waals surface area (Å²) in [5.74, 6) is -3.06. The molecule has 5 nitrogen and oxygen atoms in total. The van der Waals surface area contributed by atoms with E-state index in [-0.39, 0.29) is 6.10 Å². The average molecular weight is 304 g/mol. The lowest BCUT2D eigenvalue weighted by molar-refractivity contribution is -0.344. The zero-order valence-electron chi connectivity index (χ0n) is 13.3. The first-order chi connectivity index (χ1) is 10.0. The maximum absolute atomic E-state index is 9.42. The Morgan fingerprint density at radius 3 is 2.29 bits per heavy atom. The molecule has 1 fully saturated rings. The summed E-state index contributed by atoms with van der Waals surface area (Å²) >= 11 is 0. The molecule has 5 heteroatoms. The molecule has 0 saturated carbocycles. The highest BCUT2D eigenvalue weighted by molar-refractivity contribution is 4.69. The summed E-state index contributed by atoms with van der Waals surface area (Å²) < 4.78 is 10.5. The Morgan fingerprint density at radius 1 is 1.05 bits per heavy atom. The number of unbranched alkanes of at least 4 members (excludes halogenated alkanes) is 5. The van der Waals surface area contributed by atoms with Crippen LogP contribution in [0.1, 0.15) is 64.7 Å². The van der Waals surface area contributed by atoms with Crippen molar-refractivity contribution in [1.29, 1.82) is 0 Å². The van der Waals surface area contributed by atoms with Gasteiger partial charge in [0, 0.05) is 12.5 Å². The van der Waals surface area contributed by atoms with Crippen LogP contribution in [-0.2, 0) is 9.47 Å². The zero-order chi connectivity index (χ0) is 15.6. The van der Waals surface area contributed by atoms with Gasteiger partial charge < -0.3 is 24.8 Å². The highest BCUT2D eigenvalue weighted by Gasteiger charge is 2.31. The monoisotopic (exact) mass is 304 g/mol. The van der Waals surface area contributed by atoms with Crippen LogP contribution in [0, 0.1) is 5.92 Å². The van der Waals surface area contributed by atoms with Crippen LogP contribution in [-0.4, -0.2) is 47.2 Å². The third-order valence-corrected chi connectivity index (χ3v) is 4.00. The van der Waals surface area contributed by atoms with E-state index in [0.29, 0.717) is 26.1 Å². The van der Waals surface area contributed by atoms with Crippen LogP contribution in [0.4, 0.5) is 0 Å². The average Bonchev–Trinajstić information content (AvgIpc) is 3.22. The second-order valence-corrected chi connectivity index (χ2v) is 6.11. The van der Waals surface area contributed by atoms with Gasteiger partial charge >= 0.3 is 0 Å². The minimum absolute atomic E-state index is 0.261.